The number of carboxylic acids is 1. The van der Waals surface area contributed by atoms with Gasteiger partial charge in [0.05, 0.1) is 17.7 Å². The van der Waals surface area contributed by atoms with Gasteiger partial charge in [-0.15, -0.1) is 0 Å². The largest absolute Gasteiger partial charge is 0.481 e. The van der Waals surface area contributed by atoms with Gasteiger partial charge in [0.1, 0.15) is 5.60 Å². The van der Waals surface area contributed by atoms with Gasteiger partial charge in [-0.25, -0.2) is 4.79 Å². The van der Waals surface area contributed by atoms with Gasteiger partial charge in [-0.2, -0.15) is 0 Å². The quantitative estimate of drug-likeness (QED) is 0.720. The fourth-order valence-electron chi connectivity index (χ4n) is 3.57. The molecule has 3 unspecified atom stereocenters. The smallest absolute Gasteiger partial charge is 0.412 e. The molecule has 6 heteroatoms. The van der Waals surface area contributed by atoms with Crippen molar-refractivity contribution in [2.45, 2.75) is 71.5 Å². The Morgan fingerprint density at radius 1 is 1.22 bits per heavy atom. The van der Waals surface area contributed by atoms with Gasteiger partial charge in [0.25, 0.3) is 0 Å². The van der Waals surface area contributed by atoms with E-state index >= 15 is 0 Å². The monoisotopic (exact) mass is 377 g/mol. The zero-order valence-electron chi connectivity index (χ0n) is 16.6. The van der Waals surface area contributed by atoms with E-state index in [-0.39, 0.29) is 17.9 Å². The van der Waals surface area contributed by atoms with Crippen molar-refractivity contribution in [2.24, 2.45) is 11.8 Å². The topological polar surface area (TPSA) is 95.9 Å². The molecule has 0 aromatic rings. The predicted molar refractivity (Wildman–Crippen MR) is 105 cm³/mol. The molecule has 0 saturated heterocycles. The van der Waals surface area contributed by atoms with Crippen LogP contribution in [0.4, 0.5) is 10.5 Å². The molecule has 3 aliphatic rings. The van der Waals surface area contributed by atoms with E-state index in [1.54, 1.807) is 0 Å². The number of aliphatic hydroxyl groups excluding tert-OH is 1. The van der Waals surface area contributed by atoms with Crippen LogP contribution in [0.2, 0.25) is 0 Å². The maximum absolute atomic E-state index is 11.3. The number of nitrogens with one attached hydrogen (secondary N) is 1. The second-order valence-corrected chi connectivity index (χ2v) is 8.22. The normalized spacial score (nSPS) is 21.4. The first kappa shape index (κ1) is 21.2. The first-order valence-corrected chi connectivity index (χ1v) is 9.68. The summed E-state index contributed by atoms with van der Waals surface area (Å²) in [7, 11) is 0. The van der Waals surface area contributed by atoms with E-state index in [0.717, 1.165) is 42.5 Å². The number of rotatable bonds is 4. The molecule has 6 nitrogen and oxygen atoms in total. The minimum absolute atomic E-state index is 0.0174. The van der Waals surface area contributed by atoms with Gasteiger partial charge < -0.3 is 14.9 Å². The molecule has 150 valence electrons. The van der Waals surface area contributed by atoms with Crippen molar-refractivity contribution in [2.75, 3.05) is 5.32 Å². The number of ether oxygens (including phenoxy) is 1. The molecule has 0 bridgehead atoms. The van der Waals surface area contributed by atoms with E-state index < -0.39 is 17.7 Å². The molecule has 0 heterocycles. The summed E-state index contributed by atoms with van der Waals surface area (Å²) in [6, 6.07) is 5.91. The predicted octanol–water partition coefficient (Wildman–Crippen LogP) is 4.66. The van der Waals surface area contributed by atoms with Crippen LogP contribution in [0, 0.1) is 11.8 Å². The van der Waals surface area contributed by atoms with Gasteiger partial charge in [-0.05, 0) is 46.0 Å². The zero-order chi connectivity index (χ0) is 20.2. The van der Waals surface area contributed by atoms with Crippen LogP contribution < -0.4 is 5.32 Å². The van der Waals surface area contributed by atoms with Crippen molar-refractivity contribution in [1.29, 1.82) is 0 Å². The van der Waals surface area contributed by atoms with E-state index in [1.807, 2.05) is 45.9 Å². The van der Waals surface area contributed by atoms with E-state index in [4.69, 9.17) is 9.84 Å². The number of fused-ring (bicyclic) bond motifs is 1. The minimum Gasteiger partial charge on any atom is -0.481 e. The Balaban J connectivity index is 0.000000194. The molecule has 0 aromatic carbocycles. The second-order valence-electron chi connectivity index (χ2n) is 8.22. The summed E-state index contributed by atoms with van der Waals surface area (Å²) in [5.41, 5.74) is 2.71. The van der Waals surface area contributed by atoms with Crippen LogP contribution in [0.5, 0.6) is 0 Å². The van der Waals surface area contributed by atoms with E-state index in [0.29, 0.717) is 6.42 Å². The Labute approximate surface area is 160 Å². The van der Waals surface area contributed by atoms with E-state index in [9.17, 15) is 14.7 Å². The summed E-state index contributed by atoms with van der Waals surface area (Å²) >= 11 is 0. The second kappa shape index (κ2) is 8.74. The maximum Gasteiger partial charge on any atom is 0.412 e. The Hall–Kier alpha value is -2.08. The molecule has 3 aliphatic carbocycles. The molecule has 1 saturated carbocycles. The number of amides is 1. The Bertz CT molecular complexity index is 659. The Morgan fingerprint density at radius 3 is 2.33 bits per heavy atom. The highest BCUT2D eigenvalue weighted by atomic mass is 16.6. The van der Waals surface area contributed by atoms with Crippen LogP contribution in [0.3, 0.4) is 0 Å². The first-order valence-electron chi connectivity index (χ1n) is 9.68. The molecular weight excluding hydrogens is 346 g/mol. The number of carboxylic acid groups (broad SMARTS) is 1. The van der Waals surface area contributed by atoms with Crippen LogP contribution in [0.1, 0.15) is 59.8 Å². The fraction of sp³-hybridized carbons (Fsp3) is 0.619. The van der Waals surface area contributed by atoms with Crippen molar-refractivity contribution in [3.05, 3.63) is 18.2 Å². The van der Waals surface area contributed by atoms with Crippen LogP contribution in [-0.4, -0.2) is 34.0 Å². The van der Waals surface area contributed by atoms with Crippen molar-refractivity contribution in [3.8, 4) is 11.1 Å². The lowest BCUT2D eigenvalue weighted by atomic mass is 9.75. The summed E-state index contributed by atoms with van der Waals surface area (Å²) in [5.74, 6) is -1.07. The van der Waals surface area contributed by atoms with Gasteiger partial charge >= 0.3 is 12.1 Å². The Morgan fingerprint density at radius 2 is 1.81 bits per heavy atom. The SMILES string of the molecule is CC(C)(C)OC(=O)Nc1c2cccc1-2.CCC(O)C1CCCCC1C(=O)O. The van der Waals surface area contributed by atoms with Crippen molar-refractivity contribution >= 4 is 17.7 Å². The number of para-hydroxylation sites is 1. The number of hydrogen-bond donors (Lipinski definition) is 3. The molecule has 1 amide bonds. The third-order valence-electron chi connectivity index (χ3n) is 4.97. The summed E-state index contributed by atoms with van der Waals surface area (Å²) in [4.78, 5) is 22.2. The maximum atomic E-state index is 11.3. The molecule has 0 aromatic heterocycles. The van der Waals surface area contributed by atoms with Crippen molar-refractivity contribution < 1.29 is 24.5 Å². The summed E-state index contributed by atoms with van der Waals surface area (Å²) in [6.07, 6.45) is 3.50. The van der Waals surface area contributed by atoms with Gasteiger partial charge in [0.2, 0.25) is 0 Å². The van der Waals surface area contributed by atoms with Crippen LogP contribution in [0.25, 0.3) is 11.1 Å². The number of benzene rings is 1. The molecule has 27 heavy (non-hydrogen) atoms. The number of aliphatic hydroxyl groups is 1. The highest BCUT2D eigenvalue weighted by Gasteiger charge is 2.34. The average molecular weight is 377 g/mol. The lowest BCUT2D eigenvalue weighted by Crippen LogP contribution is -2.34. The average Bonchev–Trinajstić information content (AvgIpc) is 3.02. The van der Waals surface area contributed by atoms with Gasteiger partial charge in [-0.1, -0.05) is 38.0 Å². The number of aliphatic carboxylic acids is 1. The van der Waals surface area contributed by atoms with Crippen molar-refractivity contribution in [3.63, 3.8) is 0 Å². The summed E-state index contributed by atoms with van der Waals surface area (Å²) in [5, 5.41) is 21.3. The third kappa shape index (κ3) is 5.96. The number of hydrogen-bond acceptors (Lipinski definition) is 4. The standard InChI is InChI=1S/C11H13NO2.C10H18O3/c1-11(2,3)14-10(13)12-9-7-5-4-6-8(7)9;1-2-9(11)7-5-3-4-6-8(7)10(12)13/h4-6H,1-3H3,(H,12,13);7-9,11H,2-6H2,1H3,(H,12,13). The van der Waals surface area contributed by atoms with E-state index in [2.05, 4.69) is 5.32 Å². The molecule has 3 atom stereocenters. The fourth-order valence-corrected chi connectivity index (χ4v) is 3.57. The first-order chi connectivity index (χ1) is 12.6. The minimum atomic E-state index is -0.739. The van der Waals surface area contributed by atoms with Gasteiger partial charge in [0.15, 0.2) is 0 Å². The van der Waals surface area contributed by atoms with Crippen molar-refractivity contribution in [1.82, 2.24) is 0 Å². The molecule has 0 radical (unpaired) electrons. The number of anilines is 1. The zero-order valence-corrected chi connectivity index (χ0v) is 16.6. The van der Waals surface area contributed by atoms with Gasteiger partial charge in [0, 0.05) is 11.1 Å². The lowest BCUT2D eigenvalue weighted by Gasteiger charge is -2.31. The molecule has 0 spiro atoms. The van der Waals surface area contributed by atoms with Crippen LogP contribution >= 0.6 is 0 Å². The third-order valence-corrected chi connectivity index (χ3v) is 4.97. The molecule has 3 rings (SSSR count). The van der Waals surface area contributed by atoms with E-state index in [1.165, 1.54) is 0 Å². The van der Waals surface area contributed by atoms with Crippen LogP contribution in [-0.2, 0) is 9.53 Å². The summed E-state index contributed by atoms with van der Waals surface area (Å²) < 4.78 is 5.12. The molecule has 3 N–H and O–H groups in total. The van der Waals surface area contributed by atoms with Gasteiger partial charge in [-0.3, -0.25) is 10.1 Å². The van der Waals surface area contributed by atoms with Crippen LogP contribution in [0.15, 0.2) is 18.2 Å². The molecular formula is C21H31NO5. The Kier molecular flexibility index (Phi) is 6.87. The number of carbonyl (C=O) groups excluding carboxylic acids is 1. The molecule has 1 fully saturated rings. The lowest BCUT2D eigenvalue weighted by molar-refractivity contribution is -0.147. The highest BCUT2D eigenvalue weighted by molar-refractivity contribution is 6.10. The number of carbonyl (C=O) groups is 2. The highest BCUT2D eigenvalue weighted by Crippen LogP contribution is 2.48. The summed E-state index contributed by atoms with van der Waals surface area (Å²) in [6.45, 7) is 7.43. The molecule has 0 aliphatic heterocycles.